The Morgan fingerprint density at radius 1 is 1.12 bits per heavy atom. The van der Waals surface area contributed by atoms with Crippen LogP contribution in [0.4, 0.5) is 22.0 Å². The predicted molar refractivity (Wildman–Crippen MR) is 138 cm³/mol. The molecule has 214 valence electrons. The standard InChI is InChI=1S/C27H22F5N5O3S/c28-17-2-1-3-18(29)25(17)23-11-19(35-40-23)21-13-41-26(34-21)15-6-8-36(9-7-15)24(38)12-37-14-33-20-10-16(4-5-22(20)37)39-27(30,31)32/h1-5,10,13-15,23H,6-9,11-12H2. The molecule has 14 heteroatoms. The summed E-state index contributed by atoms with van der Waals surface area (Å²) in [6, 6.07) is 7.47. The number of hydrogen-bond acceptors (Lipinski definition) is 7. The highest BCUT2D eigenvalue weighted by Gasteiger charge is 2.32. The highest BCUT2D eigenvalue weighted by atomic mass is 32.1. The zero-order valence-corrected chi connectivity index (χ0v) is 22.1. The van der Waals surface area contributed by atoms with Crippen LogP contribution in [0.3, 0.4) is 0 Å². The molecule has 41 heavy (non-hydrogen) atoms. The Bertz CT molecular complexity index is 1610. The summed E-state index contributed by atoms with van der Waals surface area (Å²) in [6.07, 6.45) is -2.63. The number of likely N-dealkylation sites (tertiary alicyclic amines) is 1. The van der Waals surface area contributed by atoms with E-state index in [4.69, 9.17) is 9.82 Å². The second-order valence-corrected chi connectivity index (χ2v) is 10.7. The van der Waals surface area contributed by atoms with Gasteiger partial charge >= 0.3 is 6.36 Å². The van der Waals surface area contributed by atoms with Crippen molar-refractivity contribution in [2.24, 2.45) is 5.16 Å². The van der Waals surface area contributed by atoms with Crippen LogP contribution in [0.5, 0.6) is 5.75 Å². The van der Waals surface area contributed by atoms with Crippen molar-refractivity contribution in [3.63, 3.8) is 0 Å². The van der Waals surface area contributed by atoms with Crippen LogP contribution in [0.15, 0.2) is 53.3 Å². The van der Waals surface area contributed by atoms with E-state index in [0.717, 1.165) is 5.01 Å². The maximum absolute atomic E-state index is 14.1. The summed E-state index contributed by atoms with van der Waals surface area (Å²) >= 11 is 1.47. The number of carbonyl (C=O) groups excluding carboxylic acids is 1. The van der Waals surface area contributed by atoms with Gasteiger partial charge in [0.15, 0.2) is 6.10 Å². The molecule has 0 saturated carbocycles. The minimum atomic E-state index is -4.80. The average Bonchev–Trinajstić information content (AvgIpc) is 3.68. The number of alkyl halides is 3. The fourth-order valence-corrected chi connectivity index (χ4v) is 6.10. The quantitative estimate of drug-likeness (QED) is 0.259. The minimum absolute atomic E-state index is 0.00559. The third-order valence-electron chi connectivity index (χ3n) is 7.14. The largest absolute Gasteiger partial charge is 0.573 e. The molecule has 2 aromatic carbocycles. The number of thiazole rings is 1. The second-order valence-electron chi connectivity index (χ2n) is 9.77. The molecule has 4 aromatic rings. The molecule has 0 bridgehead atoms. The van der Waals surface area contributed by atoms with Gasteiger partial charge < -0.3 is 19.0 Å². The first-order chi connectivity index (χ1) is 19.6. The van der Waals surface area contributed by atoms with Gasteiger partial charge in [-0.1, -0.05) is 11.2 Å². The number of amides is 1. The summed E-state index contributed by atoms with van der Waals surface area (Å²) in [5, 5.41) is 6.78. The van der Waals surface area contributed by atoms with Crippen molar-refractivity contribution in [3.8, 4) is 5.75 Å². The number of halogens is 5. The van der Waals surface area contributed by atoms with Crippen molar-refractivity contribution < 1.29 is 36.3 Å². The van der Waals surface area contributed by atoms with Gasteiger partial charge in [-0.15, -0.1) is 24.5 Å². The molecule has 0 N–H and O–H groups in total. The third kappa shape index (κ3) is 5.73. The number of oxime groups is 1. The number of nitrogens with zero attached hydrogens (tertiary/aromatic N) is 5. The van der Waals surface area contributed by atoms with E-state index in [0.29, 0.717) is 48.4 Å². The summed E-state index contributed by atoms with van der Waals surface area (Å²) in [6.45, 7) is 1.05. The lowest BCUT2D eigenvalue weighted by Gasteiger charge is -2.31. The van der Waals surface area contributed by atoms with E-state index in [2.05, 4.69) is 14.9 Å². The van der Waals surface area contributed by atoms with Gasteiger partial charge in [-0.3, -0.25) is 4.79 Å². The maximum atomic E-state index is 14.1. The van der Waals surface area contributed by atoms with Crippen LogP contribution in [0.2, 0.25) is 0 Å². The normalized spacial score (nSPS) is 18.0. The van der Waals surface area contributed by atoms with E-state index in [1.807, 2.05) is 5.38 Å². The summed E-state index contributed by atoms with van der Waals surface area (Å²) in [7, 11) is 0. The fraction of sp³-hybridized carbons (Fsp3) is 0.333. The second kappa shape index (κ2) is 10.7. The van der Waals surface area contributed by atoms with E-state index < -0.39 is 24.1 Å². The monoisotopic (exact) mass is 591 g/mol. The summed E-state index contributed by atoms with van der Waals surface area (Å²) < 4.78 is 71.3. The van der Waals surface area contributed by atoms with Crippen molar-refractivity contribution in [3.05, 3.63) is 76.0 Å². The Morgan fingerprint density at radius 3 is 2.61 bits per heavy atom. The van der Waals surface area contributed by atoms with E-state index in [9.17, 15) is 26.7 Å². The van der Waals surface area contributed by atoms with Crippen LogP contribution in [-0.2, 0) is 16.2 Å². The van der Waals surface area contributed by atoms with E-state index in [1.54, 1.807) is 9.47 Å². The van der Waals surface area contributed by atoms with E-state index in [-0.39, 0.29) is 36.1 Å². The first-order valence-electron chi connectivity index (χ1n) is 12.8. The summed E-state index contributed by atoms with van der Waals surface area (Å²) in [4.78, 5) is 28.9. The van der Waals surface area contributed by atoms with Crippen LogP contribution < -0.4 is 4.74 Å². The molecule has 0 radical (unpaired) electrons. The SMILES string of the molecule is O=C(Cn1cnc2cc(OC(F)(F)F)ccc21)N1CCC(c2nc(C3=NOC(c4c(F)cccc4F)C3)cs2)CC1. The van der Waals surface area contributed by atoms with Crippen molar-refractivity contribution in [2.45, 2.75) is 44.2 Å². The zero-order chi connectivity index (χ0) is 28.7. The van der Waals surface area contributed by atoms with Crippen molar-refractivity contribution >= 4 is 34.0 Å². The van der Waals surface area contributed by atoms with Crippen molar-refractivity contribution in [2.75, 3.05) is 13.1 Å². The molecule has 1 unspecified atom stereocenters. The number of piperidine rings is 1. The van der Waals surface area contributed by atoms with Gasteiger partial charge in [-0.05, 0) is 37.1 Å². The van der Waals surface area contributed by atoms with Gasteiger partial charge in [0.25, 0.3) is 0 Å². The number of benzene rings is 2. The van der Waals surface area contributed by atoms with Crippen LogP contribution in [0, 0.1) is 11.6 Å². The van der Waals surface area contributed by atoms with Crippen LogP contribution >= 0.6 is 11.3 Å². The molecule has 1 amide bonds. The lowest BCUT2D eigenvalue weighted by atomic mass is 9.97. The van der Waals surface area contributed by atoms with E-state index >= 15 is 0 Å². The number of fused-ring (bicyclic) bond motifs is 1. The number of hydrogen-bond donors (Lipinski definition) is 0. The van der Waals surface area contributed by atoms with Gasteiger partial charge in [0.05, 0.1) is 33.6 Å². The van der Waals surface area contributed by atoms with Crippen LogP contribution in [0.25, 0.3) is 11.0 Å². The van der Waals surface area contributed by atoms with Gasteiger partial charge in [-0.2, -0.15) is 0 Å². The lowest BCUT2D eigenvalue weighted by Crippen LogP contribution is -2.39. The fourth-order valence-electron chi connectivity index (χ4n) is 5.10. The first kappa shape index (κ1) is 27.1. The van der Waals surface area contributed by atoms with Gasteiger partial charge in [0.2, 0.25) is 5.91 Å². The van der Waals surface area contributed by atoms with Gasteiger partial charge in [-0.25, -0.2) is 18.7 Å². The number of aromatic nitrogens is 3. The molecule has 1 fully saturated rings. The van der Waals surface area contributed by atoms with Gasteiger partial charge in [0, 0.05) is 36.9 Å². The topological polar surface area (TPSA) is 81.8 Å². The Morgan fingerprint density at radius 2 is 1.88 bits per heavy atom. The molecule has 2 aliphatic rings. The third-order valence-corrected chi connectivity index (χ3v) is 8.14. The highest BCUT2D eigenvalue weighted by Crippen LogP contribution is 2.35. The lowest BCUT2D eigenvalue weighted by molar-refractivity contribution is -0.274. The molecule has 1 atom stereocenters. The molecule has 2 aromatic heterocycles. The zero-order valence-electron chi connectivity index (χ0n) is 21.3. The van der Waals surface area contributed by atoms with Crippen LogP contribution in [-0.4, -0.2) is 50.5 Å². The molecule has 0 spiro atoms. The van der Waals surface area contributed by atoms with Gasteiger partial charge in [0.1, 0.15) is 29.6 Å². The Hall–Kier alpha value is -4.07. The molecular weight excluding hydrogens is 569 g/mol. The average molecular weight is 592 g/mol. The highest BCUT2D eigenvalue weighted by molar-refractivity contribution is 7.10. The van der Waals surface area contributed by atoms with Crippen molar-refractivity contribution in [1.82, 2.24) is 19.4 Å². The van der Waals surface area contributed by atoms with E-state index in [1.165, 1.54) is 54.1 Å². The minimum Gasteiger partial charge on any atom is -0.406 e. The summed E-state index contributed by atoms with van der Waals surface area (Å²) in [5.41, 5.74) is 1.80. The Balaban J connectivity index is 1.04. The Kier molecular flexibility index (Phi) is 7.09. The molecule has 8 nitrogen and oxygen atoms in total. The molecule has 1 saturated heterocycles. The summed E-state index contributed by atoms with van der Waals surface area (Å²) in [5.74, 6) is -1.72. The molecule has 4 heterocycles. The number of rotatable bonds is 6. The number of imidazole rings is 1. The molecule has 6 rings (SSSR count). The first-order valence-corrected chi connectivity index (χ1v) is 13.6. The Labute approximate surface area is 234 Å². The predicted octanol–water partition coefficient (Wildman–Crippen LogP) is 5.94. The molecular formula is C27H22F5N5O3S. The maximum Gasteiger partial charge on any atom is 0.573 e. The smallest absolute Gasteiger partial charge is 0.406 e. The number of carbonyl (C=O) groups is 1. The molecule has 2 aliphatic heterocycles. The van der Waals surface area contributed by atoms with Crippen LogP contribution in [0.1, 0.15) is 47.5 Å². The number of ether oxygens (including phenoxy) is 1. The molecule has 0 aliphatic carbocycles. The van der Waals surface area contributed by atoms with Crippen molar-refractivity contribution in [1.29, 1.82) is 0 Å².